The number of carbonyl (C=O) groups excluding carboxylic acids is 1. The summed E-state index contributed by atoms with van der Waals surface area (Å²) in [6, 6.07) is 0. The Bertz CT molecular complexity index is 766. The first kappa shape index (κ1) is 23.2. The molecule has 1 aliphatic rings. The third kappa shape index (κ3) is 7.34. The fraction of sp³-hybridized carbons (Fsp3) is 0.600. The van der Waals surface area contributed by atoms with Crippen LogP contribution in [0.3, 0.4) is 0 Å². The van der Waals surface area contributed by atoms with E-state index in [2.05, 4.69) is 56.7 Å². The van der Waals surface area contributed by atoms with E-state index in [0.29, 0.717) is 6.61 Å². The van der Waals surface area contributed by atoms with Crippen molar-refractivity contribution >= 4 is 12.0 Å². The highest BCUT2D eigenvalue weighted by atomic mass is 16.5. The molecule has 4 heteroatoms. The molecule has 0 bridgehead atoms. The highest BCUT2D eigenvalue weighted by Crippen LogP contribution is 2.40. The number of unbranched alkanes of at least 4 members (excludes halogenated alkanes) is 4. The molecule has 2 rings (SSSR count). The van der Waals surface area contributed by atoms with Gasteiger partial charge in [0.2, 0.25) is 5.82 Å². The van der Waals surface area contributed by atoms with Crippen molar-refractivity contribution in [3.63, 3.8) is 0 Å². The van der Waals surface area contributed by atoms with Crippen LogP contribution in [0.25, 0.3) is 6.08 Å². The van der Waals surface area contributed by atoms with Gasteiger partial charge >= 0.3 is 5.97 Å². The maximum absolute atomic E-state index is 12.1. The van der Waals surface area contributed by atoms with Crippen molar-refractivity contribution in [2.24, 2.45) is 5.41 Å². The number of hydrogen-bond acceptors (Lipinski definition) is 3. The summed E-state index contributed by atoms with van der Waals surface area (Å²) in [6.45, 7) is 11.6. The Labute approximate surface area is 176 Å². The molecule has 0 aromatic carbocycles. The van der Waals surface area contributed by atoms with Gasteiger partial charge in [-0.1, -0.05) is 64.2 Å². The summed E-state index contributed by atoms with van der Waals surface area (Å²) in [5.74, 6) is -0.105. The predicted molar refractivity (Wildman–Crippen MR) is 121 cm³/mol. The smallest absolute Gasteiger partial charge is 0.374 e. The lowest BCUT2D eigenvalue weighted by molar-refractivity contribution is 0.0484. The Balaban J connectivity index is 1.91. The van der Waals surface area contributed by atoms with Gasteiger partial charge in [0.15, 0.2) is 0 Å². The third-order valence-electron chi connectivity index (χ3n) is 5.71. The predicted octanol–water partition coefficient (Wildman–Crippen LogP) is 7.02. The molecule has 0 radical (unpaired) electrons. The van der Waals surface area contributed by atoms with Gasteiger partial charge < -0.3 is 9.72 Å². The average molecular weight is 399 g/mol. The van der Waals surface area contributed by atoms with E-state index >= 15 is 0 Å². The zero-order valence-corrected chi connectivity index (χ0v) is 18.9. The van der Waals surface area contributed by atoms with E-state index in [9.17, 15) is 4.79 Å². The number of ether oxygens (including phenoxy) is 1. The Morgan fingerprint density at radius 1 is 1.28 bits per heavy atom. The van der Waals surface area contributed by atoms with E-state index in [1.165, 1.54) is 49.7 Å². The topological polar surface area (TPSA) is 55.0 Å². The number of nitrogens with one attached hydrogen (secondary N) is 1. The van der Waals surface area contributed by atoms with Crippen molar-refractivity contribution in [3.8, 4) is 0 Å². The molecule has 0 unspecified atom stereocenters. The Kier molecular flexibility index (Phi) is 8.94. The van der Waals surface area contributed by atoms with Crippen molar-refractivity contribution in [2.75, 3.05) is 6.61 Å². The van der Waals surface area contributed by atoms with Gasteiger partial charge in [-0.3, -0.25) is 0 Å². The molecule has 160 valence electrons. The van der Waals surface area contributed by atoms with Crippen LogP contribution in [0.4, 0.5) is 0 Å². The van der Waals surface area contributed by atoms with Crippen LogP contribution >= 0.6 is 0 Å². The number of aromatic nitrogens is 2. The van der Waals surface area contributed by atoms with E-state index < -0.39 is 0 Å². The molecule has 1 N–H and O–H groups in total. The maximum atomic E-state index is 12.1. The first-order valence-corrected chi connectivity index (χ1v) is 11.1. The van der Waals surface area contributed by atoms with Crippen molar-refractivity contribution in [1.29, 1.82) is 0 Å². The lowest BCUT2D eigenvalue weighted by atomic mass is 9.72. The van der Waals surface area contributed by atoms with E-state index in [1.54, 1.807) is 6.20 Å². The van der Waals surface area contributed by atoms with Gasteiger partial charge in [-0.05, 0) is 62.2 Å². The molecule has 0 atom stereocenters. The second kappa shape index (κ2) is 11.2. The minimum absolute atomic E-state index is 0.237. The van der Waals surface area contributed by atoms with Gasteiger partial charge in [0.1, 0.15) is 0 Å². The minimum atomic E-state index is -0.377. The Morgan fingerprint density at radius 3 is 2.76 bits per heavy atom. The van der Waals surface area contributed by atoms with E-state index in [-0.39, 0.29) is 17.2 Å². The lowest BCUT2D eigenvalue weighted by Crippen LogP contribution is -2.19. The molecule has 0 amide bonds. The summed E-state index contributed by atoms with van der Waals surface area (Å²) in [7, 11) is 0. The molecule has 0 saturated carbocycles. The number of H-pyrrole nitrogens is 1. The summed E-state index contributed by atoms with van der Waals surface area (Å²) in [5, 5.41) is 0. The van der Waals surface area contributed by atoms with Gasteiger partial charge in [0, 0.05) is 0 Å². The Morgan fingerprint density at radius 2 is 2.03 bits per heavy atom. The van der Waals surface area contributed by atoms with Crippen LogP contribution < -0.4 is 0 Å². The van der Waals surface area contributed by atoms with Crippen LogP contribution in [0.2, 0.25) is 0 Å². The zero-order chi connectivity index (χ0) is 21.3. The number of hydrogen-bond donors (Lipinski definition) is 1. The Hall–Kier alpha value is -2.10. The summed E-state index contributed by atoms with van der Waals surface area (Å²) < 4.78 is 5.31. The third-order valence-corrected chi connectivity index (χ3v) is 5.71. The normalized spacial score (nSPS) is 17.2. The number of imidazole rings is 1. The van der Waals surface area contributed by atoms with Crippen LogP contribution in [0.1, 0.15) is 102 Å². The molecule has 4 nitrogen and oxygen atoms in total. The highest BCUT2D eigenvalue weighted by Gasteiger charge is 2.26. The van der Waals surface area contributed by atoms with Crippen molar-refractivity contribution in [3.05, 3.63) is 46.6 Å². The molecule has 1 aliphatic carbocycles. The standard InChI is InChI=1S/C25H38N2O2/c1-6-7-8-9-10-16-29-24(28)23-26-18-21(27-23)17-19(2)13-14-22-20(3)12-11-15-25(22,4)5/h13-14,17-18H,6-12,15-16H2,1-5H3,(H,26,27)/b14-13+,19-17+. The second-order valence-electron chi connectivity index (χ2n) is 8.89. The van der Waals surface area contributed by atoms with Gasteiger partial charge in [-0.2, -0.15) is 0 Å². The number of esters is 1. The molecular weight excluding hydrogens is 360 g/mol. The molecule has 1 heterocycles. The van der Waals surface area contributed by atoms with E-state index in [0.717, 1.165) is 24.1 Å². The van der Waals surface area contributed by atoms with E-state index in [1.807, 2.05) is 6.08 Å². The number of aromatic amines is 1. The van der Waals surface area contributed by atoms with E-state index in [4.69, 9.17) is 4.74 Å². The summed E-state index contributed by atoms with van der Waals surface area (Å²) >= 11 is 0. The van der Waals surface area contributed by atoms with Crippen LogP contribution in [0.15, 0.2) is 35.1 Å². The van der Waals surface area contributed by atoms with Crippen LogP contribution in [0, 0.1) is 5.41 Å². The largest absolute Gasteiger partial charge is 0.460 e. The molecule has 0 spiro atoms. The molecule has 0 aliphatic heterocycles. The van der Waals surface area contributed by atoms with Crippen LogP contribution in [-0.4, -0.2) is 22.5 Å². The van der Waals surface area contributed by atoms with Gasteiger partial charge in [0.05, 0.1) is 18.5 Å². The van der Waals surface area contributed by atoms with Crippen LogP contribution in [-0.2, 0) is 4.74 Å². The number of rotatable bonds is 10. The molecule has 1 aromatic rings. The quantitative estimate of drug-likeness (QED) is 0.262. The number of carbonyl (C=O) groups is 1. The molecule has 0 fully saturated rings. The molecule has 29 heavy (non-hydrogen) atoms. The second-order valence-corrected chi connectivity index (χ2v) is 8.89. The monoisotopic (exact) mass is 398 g/mol. The summed E-state index contributed by atoms with van der Waals surface area (Å²) in [4.78, 5) is 19.4. The molecule has 1 aromatic heterocycles. The van der Waals surface area contributed by atoms with Crippen molar-refractivity contribution in [1.82, 2.24) is 9.97 Å². The lowest BCUT2D eigenvalue weighted by Gasteiger charge is -2.32. The molecule has 0 saturated heterocycles. The minimum Gasteiger partial charge on any atom is -0.460 e. The molecular formula is C25H38N2O2. The maximum Gasteiger partial charge on any atom is 0.374 e. The highest BCUT2D eigenvalue weighted by molar-refractivity contribution is 5.85. The number of nitrogens with zero attached hydrogens (tertiary/aromatic N) is 1. The van der Waals surface area contributed by atoms with Crippen molar-refractivity contribution in [2.45, 2.75) is 86.0 Å². The van der Waals surface area contributed by atoms with Gasteiger partial charge in [-0.25, -0.2) is 9.78 Å². The number of allylic oxidation sites excluding steroid dienone is 5. The summed E-state index contributed by atoms with van der Waals surface area (Å²) in [6.07, 6.45) is 17.5. The fourth-order valence-corrected chi connectivity index (χ4v) is 3.97. The zero-order valence-electron chi connectivity index (χ0n) is 18.9. The van der Waals surface area contributed by atoms with Gasteiger partial charge in [0.25, 0.3) is 0 Å². The summed E-state index contributed by atoms with van der Waals surface area (Å²) in [5.41, 5.74) is 5.11. The average Bonchev–Trinajstić information content (AvgIpc) is 3.12. The first-order valence-electron chi connectivity index (χ1n) is 11.1. The van der Waals surface area contributed by atoms with Gasteiger partial charge in [-0.15, -0.1) is 0 Å². The van der Waals surface area contributed by atoms with Crippen LogP contribution in [0.5, 0.6) is 0 Å². The van der Waals surface area contributed by atoms with Crippen molar-refractivity contribution < 1.29 is 9.53 Å². The first-order chi connectivity index (χ1) is 13.8. The SMILES string of the molecule is CCCCCCCOC(=O)c1ncc(/C=C(C)/C=C/C2=C(C)CCCC2(C)C)[nH]1. The fourth-order valence-electron chi connectivity index (χ4n) is 3.97.